The Hall–Kier alpha value is -1.80. The molecule has 0 aliphatic carbocycles. The van der Waals surface area contributed by atoms with Crippen LogP contribution < -0.4 is 5.32 Å². The van der Waals surface area contributed by atoms with Gasteiger partial charge in [0.1, 0.15) is 0 Å². The molecule has 2 heterocycles. The number of halogens is 1. The summed E-state index contributed by atoms with van der Waals surface area (Å²) in [5.74, 6) is -0.155. The summed E-state index contributed by atoms with van der Waals surface area (Å²) in [4.78, 5) is 21.9. The number of thiazole rings is 1. The second-order valence-electron chi connectivity index (χ2n) is 4.61. The van der Waals surface area contributed by atoms with Gasteiger partial charge in [0.25, 0.3) is 5.91 Å². The predicted molar refractivity (Wildman–Crippen MR) is 97.2 cm³/mol. The van der Waals surface area contributed by atoms with Crippen molar-refractivity contribution < 1.29 is 4.79 Å². The van der Waals surface area contributed by atoms with Crippen LogP contribution in [0.1, 0.15) is 16.1 Å². The molecule has 0 spiro atoms. The van der Waals surface area contributed by atoms with Gasteiger partial charge < -0.3 is 0 Å². The Morgan fingerprint density at radius 2 is 1.95 bits per heavy atom. The maximum atomic E-state index is 12.2. The van der Waals surface area contributed by atoms with Gasteiger partial charge in [0, 0.05) is 15.3 Å². The highest BCUT2D eigenvalue weighted by Crippen LogP contribution is 2.31. The van der Waals surface area contributed by atoms with Gasteiger partial charge in [-0.1, -0.05) is 17.4 Å². The van der Waals surface area contributed by atoms with Gasteiger partial charge in [0.05, 0.1) is 16.3 Å². The molecule has 1 amide bonds. The van der Waals surface area contributed by atoms with E-state index in [1.807, 2.05) is 37.3 Å². The fraction of sp³-hybridized carbons (Fsp3) is 0.0625. The molecule has 3 rings (SSSR count). The highest BCUT2D eigenvalue weighted by molar-refractivity contribution is 14.1. The molecule has 2 aromatic heterocycles. The number of hydrogen-bond acceptors (Lipinski definition) is 4. The molecule has 4 nitrogen and oxygen atoms in total. The van der Waals surface area contributed by atoms with Crippen LogP contribution in [0.3, 0.4) is 0 Å². The van der Waals surface area contributed by atoms with Crippen molar-refractivity contribution >= 4 is 45.0 Å². The van der Waals surface area contributed by atoms with E-state index in [4.69, 9.17) is 0 Å². The SMILES string of the molecule is Cc1nc(NC(=O)c2ccc(I)cc2)sc1-c1ccccn1. The lowest BCUT2D eigenvalue weighted by molar-refractivity contribution is 0.102. The number of carbonyl (C=O) groups excluding carboxylic acids is 1. The van der Waals surface area contributed by atoms with E-state index in [0.717, 1.165) is 19.8 Å². The molecule has 0 saturated heterocycles. The monoisotopic (exact) mass is 421 g/mol. The zero-order valence-corrected chi connectivity index (χ0v) is 14.7. The van der Waals surface area contributed by atoms with E-state index in [0.29, 0.717) is 10.7 Å². The van der Waals surface area contributed by atoms with Crippen LogP contribution in [0, 0.1) is 10.5 Å². The number of aromatic nitrogens is 2. The second kappa shape index (κ2) is 6.53. The summed E-state index contributed by atoms with van der Waals surface area (Å²) in [6, 6.07) is 13.2. The predicted octanol–water partition coefficient (Wildman–Crippen LogP) is 4.37. The Bertz CT molecular complexity index is 800. The Kier molecular flexibility index (Phi) is 4.49. The molecule has 0 atom stereocenters. The van der Waals surface area contributed by atoms with Crippen molar-refractivity contribution in [3.63, 3.8) is 0 Å². The largest absolute Gasteiger partial charge is 0.298 e. The van der Waals surface area contributed by atoms with E-state index in [9.17, 15) is 4.79 Å². The van der Waals surface area contributed by atoms with Gasteiger partial charge in [-0.2, -0.15) is 0 Å². The van der Waals surface area contributed by atoms with E-state index in [1.165, 1.54) is 11.3 Å². The highest BCUT2D eigenvalue weighted by atomic mass is 127. The maximum Gasteiger partial charge on any atom is 0.257 e. The van der Waals surface area contributed by atoms with Crippen molar-refractivity contribution in [3.8, 4) is 10.6 Å². The molecule has 6 heteroatoms. The van der Waals surface area contributed by atoms with Crippen LogP contribution in [0.2, 0.25) is 0 Å². The summed E-state index contributed by atoms with van der Waals surface area (Å²) >= 11 is 3.64. The van der Waals surface area contributed by atoms with Crippen LogP contribution in [0.4, 0.5) is 5.13 Å². The molecule has 110 valence electrons. The number of nitrogens with zero attached hydrogens (tertiary/aromatic N) is 2. The Morgan fingerprint density at radius 3 is 2.64 bits per heavy atom. The number of carbonyl (C=O) groups is 1. The molecule has 0 fully saturated rings. The van der Waals surface area contributed by atoms with Crippen LogP contribution in [-0.2, 0) is 0 Å². The molecule has 3 aromatic rings. The lowest BCUT2D eigenvalue weighted by Crippen LogP contribution is -2.11. The topological polar surface area (TPSA) is 54.9 Å². The number of aryl methyl sites for hydroxylation is 1. The number of benzene rings is 1. The molecule has 0 aliphatic rings. The van der Waals surface area contributed by atoms with Crippen molar-refractivity contribution in [2.24, 2.45) is 0 Å². The lowest BCUT2D eigenvalue weighted by atomic mass is 10.2. The minimum absolute atomic E-state index is 0.155. The van der Waals surface area contributed by atoms with Crippen molar-refractivity contribution in [1.82, 2.24) is 9.97 Å². The number of pyridine rings is 1. The van der Waals surface area contributed by atoms with Crippen LogP contribution >= 0.6 is 33.9 Å². The van der Waals surface area contributed by atoms with E-state index in [-0.39, 0.29) is 5.91 Å². The summed E-state index contributed by atoms with van der Waals surface area (Å²) < 4.78 is 1.09. The van der Waals surface area contributed by atoms with Gasteiger partial charge in [0.15, 0.2) is 5.13 Å². The van der Waals surface area contributed by atoms with Crippen LogP contribution in [0.25, 0.3) is 10.6 Å². The fourth-order valence-corrected chi connectivity index (χ4v) is 3.25. The minimum Gasteiger partial charge on any atom is -0.298 e. The maximum absolute atomic E-state index is 12.2. The Morgan fingerprint density at radius 1 is 1.18 bits per heavy atom. The molecule has 0 bridgehead atoms. The third kappa shape index (κ3) is 3.33. The first-order valence-corrected chi connectivity index (χ1v) is 8.49. The lowest BCUT2D eigenvalue weighted by Gasteiger charge is -2.01. The number of amides is 1. The fourth-order valence-electron chi connectivity index (χ4n) is 1.96. The van der Waals surface area contributed by atoms with Gasteiger partial charge in [-0.05, 0) is 65.9 Å². The van der Waals surface area contributed by atoms with Crippen LogP contribution in [0.15, 0.2) is 48.7 Å². The second-order valence-corrected chi connectivity index (χ2v) is 6.85. The molecule has 1 N–H and O–H groups in total. The number of anilines is 1. The summed E-state index contributed by atoms with van der Waals surface area (Å²) in [5, 5.41) is 3.43. The van der Waals surface area contributed by atoms with Crippen molar-refractivity contribution in [2.75, 3.05) is 5.32 Å². The van der Waals surface area contributed by atoms with Crippen LogP contribution in [0.5, 0.6) is 0 Å². The zero-order chi connectivity index (χ0) is 15.5. The summed E-state index contributed by atoms with van der Waals surface area (Å²) in [6.45, 7) is 1.92. The standard InChI is InChI=1S/C16H12IN3OS/c1-10-14(13-4-2-3-9-18-13)22-16(19-10)20-15(21)11-5-7-12(17)8-6-11/h2-9H,1H3,(H,19,20,21). The molecule has 1 aromatic carbocycles. The molecule has 0 unspecified atom stereocenters. The molecule has 0 saturated carbocycles. The van der Waals surface area contributed by atoms with Gasteiger partial charge in [-0.3, -0.25) is 15.1 Å². The highest BCUT2D eigenvalue weighted by Gasteiger charge is 2.13. The van der Waals surface area contributed by atoms with Gasteiger partial charge >= 0.3 is 0 Å². The zero-order valence-electron chi connectivity index (χ0n) is 11.7. The van der Waals surface area contributed by atoms with Crippen LogP contribution in [-0.4, -0.2) is 15.9 Å². The quantitative estimate of drug-likeness (QED) is 0.640. The third-order valence-corrected chi connectivity index (χ3v) is 4.84. The normalized spacial score (nSPS) is 10.5. The summed E-state index contributed by atoms with van der Waals surface area (Å²) in [6.07, 6.45) is 1.75. The minimum atomic E-state index is -0.155. The Balaban J connectivity index is 1.82. The molecule has 0 aliphatic heterocycles. The van der Waals surface area contributed by atoms with E-state index in [1.54, 1.807) is 18.3 Å². The summed E-state index contributed by atoms with van der Waals surface area (Å²) in [7, 11) is 0. The first-order valence-electron chi connectivity index (χ1n) is 6.59. The number of nitrogens with one attached hydrogen (secondary N) is 1. The van der Waals surface area contributed by atoms with Gasteiger partial charge in [-0.25, -0.2) is 4.98 Å². The molecular formula is C16H12IN3OS. The Labute approximate surface area is 145 Å². The molecular weight excluding hydrogens is 409 g/mol. The average Bonchev–Trinajstić information content (AvgIpc) is 2.89. The van der Waals surface area contributed by atoms with Gasteiger partial charge in [-0.15, -0.1) is 0 Å². The van der Waals surface area contributed by atoms with E-state index >= 15 is 0 Å². The summed E-state index contributed by atoms with van der Waals surface area (Å²) in [5.41, 5.74) is 2.35. The molecule has 22 heavy (non-hydrogen) atoms. The van der Waals surface area contributed by atoms with E-state index in [2.05, 4.69) is 37.9 Å². The van der Waals surface area contributed by atoms with Gasteiger partial charge in [0.2, 0.25) is 0 Å². The van der Waals surface area contributed by atoms with E-state index < -0.39 is 0 Å². The third-order valence-electron chi connectivity index (χ3n) is 3.02. The van der Waals surface area contributed by atoms with Crippen molar-refractivity contribution in [1.29, 1.82) is 0 Å². The van der Waals surface area contributed by atoms with Crippen molar-refractivity contribution in [3.05, 3.63) is 63.5 Å². The first kappa shape index (κ1) is 15.1. The number of rotatable bonds is 3. The molecule has 0 radical (unpaired) electrons. The number of hydrogen-bond donors (Lipinski definition) is 1. The average molecular weight is 421 g/mol. The first-order chi connectivity index (χ1) is 10.6. The van der Waals surface area contributed by atoms with Crippen molar-refractivity contribution in [2.45, 2.75) is 6.92 Å². The smallest absolute Gasteiger partial charge is 0.257 e.